The van der Waals surface area contributed by atoms with E-state index >= 15 is 0 Å². The van der Waals surface area contributed by atoms with Crippen molar-refractivity contribution in [3.8, 4) is 0 Å². The lowest BCUT2D eigenvalue weighted by Crippen LogP contribution is -2.15. The largest absolute Gasteiger partial charge is 0.207 e. The molecule has 0 saturated carbocycles. The lowest BCUT2D eigenvalue weighted by molar-refractivity contribution is 0.433. The van der Waals surface area contributed by atoms with Gasteiger partial charge in [-0.25, -0.2) is 4.39 Å². The highest BCUT2D eigenvalue weighted by Crippen LogP contribution is 2.42. The van der Waals surface area contributed by atoms with Crippen molar-refractivity contribution in [3.05, 3.63) is 71.5 Å². The smallest absolute Gasteiger partial charge is 0.123 e. The maximum Gasteiger partial charge on any atom is 0.123 e. The summed E-state index contributed by atoms with van der Waals surface area (Å²) < 4.78 is 13.1. The Hall–Kier alpha value is -1.34. The molecule has 0 fully saturated rings. The van der Waals surface area contributed by atoms with Gasteiger partial charge in [0.25, 0.3) is 0 Å². The van der Waals surface area contributed by atoms with Gasteiger partial charge in [0.05, 0.1) is 5.38 Å². The predicted molar refractivity (Wildman–Crippen MR) is 83.6 cm³/mol. The molecule has 0 saturated heterocycles. The van der Waals surface area contributed by atoms with Crippen LogP contribution in [0.5, 0.6) is 0 Å². The van der Waals surface area contributed by atoms with Crippen LogP contribution < -0.4 is 0 Å². The molecule has 0 nitrogen and oxygen atoms in total. The standard InChI is InChI=1S/C18H20ClF/c1-3-13(2)17(14-7-5-4-6-8-14)18(19)15-9-11-16(20)12-10-15/h4-13,17-18H,3H2,1-2H3. The van der Waals surface area contributed by atoms with E-state index in [0.29, 0.717) is 5.92 Å². The van der Waals surface area contributed by atoms with Crippen molar-refractivity contribution < 1.29 is 4.39 Å². The SMILES string of the molecule is CCC(C)C(c1ccccc1)C(Cl)c1ccc(F)cc1. The molecule has 0 heterocycles. The zero-order chi connectivity index (χ0) is 14.5. The Balaban J connectivity index is 2.34. The Bertz CT molecular complexity index is 521. The molecule has 3 atom stereocenters. The van der Waals surface area contributed by atoms with Crippen LogP contribution in [0.15, 0.2) is 54.6 Å². The second kappa shape index (κ2) is 6.90. The lowest BCUT2D eigenvalue weighted by Gasteiger charge is -2.28. The number of hydrogen-bond acceptors (Lipinski definition) is 0. The fraction of sp³-hybridized carbons (Fsp3) is 0.333. The molecule has 3 unspecified atom stereocenters. The summed E-state index contributed by atoms with van der Waals surface area (Å²) in [5, 5.41) is -0.145. The molecule has 0 aromatic heterocycles. The number of benzene rings is 2. The molecule has 0 spiro atoms. The fourth-order valence-electron chi connectivity index (χ4n) is 2.57. The van der Waals surface area contributed by atoms with E-state index in [4.69, 9.17) is 11.6 Å². The molecule has 2 aromatic carbocycles. The van der Waals surface area contributed by atoms with Crippen molar-refractivity contribution in [2.24, 2.45) is 5.92 Å². The molecular formula is C18H20ClF. The molecule has 0 amide bonds. The van der Waals surface area contributed by atoms with Crippen LogP contribution in [-0.4, -0.2) is 0 Å². The maximum atomic E-state index is 13.1. The normalized spacial score (nSPS) is 15.6. The third-order valence-corrected chi connectivity index (χ3v) is 4.47. The van der Waals surface area contributed by atoms with E-state index < -0.39 is 0 Å². The van der Waals surface area contributed by atoms with Crippen molar-refractivity contribution >= 4 is 11.6 Å². The minimum absolute atomic E-state index is 0.145. The number of rotatable bonds is 5. The highest BCUT2D eigenvalue weighted by molar-refractivity contribution is 6.21. The first-order valence-corrected chi connectivity index (χ1v) is 7.51. The third kappa shape index (κ3) is 3.40. The van der Waals surface area contributed by atoms with Gasteiger partial charge in [-0.1, -0.05) is 62.7 Å². The summed E-state index contributed by atoms with van der Waals surface area (Å²) in [7, 11) is 0. The van der Waals surface area contributed by atoms with Crippen molar-refractivity contribution in [3.63, 3.8) is 0 Å². The molecule has 20 heavy (non-hydrogen) atoms. The first kappa shape index (κ1) is 15.1. The third-order valence-electron chi connectivity index (χ3n) is 3.95. The summed E-state index contributed by atoms with van der Waals surface area (Å²) in [6.45, 7) is 4.39. The minimum Gasteiger partial charge on any atom is -0.207 e. The van der Waals surface area contributed by atoms with Gasteiger partial charge >= 0.3 is 0 Å². The van der Waals surface area contributed by atoms with Gasteiger partial charge in [0, 0.05) is 5.92 Å². The lowest BCUT2D eigenvalue weighted by atomic mass is 9.81. The topological polar surface area (TPSA) is 0 Å². The van der Waals surface area contributed by atoms with Crippen LogP contribution >= 0.6 is 11.6 Å². The molecule has 2 heteroatoms. The van der Waals surface area contributed by atoms with Crippen LogP contribution in [0.2, 0.25) is 0 Å². The molecule has 0 aliphatic carbocycles. The van der Waals surface area contributed by atoms with E-state index in [1.165, 1.54) is 17.7 Å². The Morgan fingerprint density at radius 1 is 0.950 bits per heavy atom. The maximum absolute atomic E-state index is 13.1. The second-order valence-corrected chi connectivity index (χ2v) is 5.75. The van der Waals surface area contributed by atoms with E-state index in [-0.39, 0.29) is 17.1 Å². The first-order chi connectivity index (χ1) is 9.63. The highest BCUT2D eigenvalue weighted by atomic mass is 35.5. The Kier molecular flexibility index (Phi) is 5.19. The van der Waals surface area contributed by atoms with Gasteiger partial charge < -0.3 is 0 Å². The molecule has 0 N–H and O–H groups in total. The average molecular weight is 291 g/mol. The van der Waals surface area contributed by atoms with E-state index in [0.717, 1.165) is 12.0 Å². The molecule has 0 aliphatic rings. The summed E-state index contributed by atoms with van der Waals surface area (Å²) in [4.78, 5) is 0. The monoisotopic (exact) mass is 290 g/mol. The average Bonchev–Trinajstić information content (AvgIpc) is 2.49. The van der Waals surface area contributed by atoms with Gasteiger partial charge in [-0.15, -0.1) is 11.6 Å². The molecule has 106 valence electrons. The number of halogens is 2. The van der Waals surface area contributed by atoms with Crippen molar-refractivity contribution in [1.29, 1.82) is 0 Å². The Morgan fingerprint density at radius 3 is 2.10 bits per heavy atom. The quantitative estimate of drug-likeness (QED) is 0.598. The molecule has 0 bridgehead atoms. The van der Waals surface area contributed by atoms with Crippen LogP contribution in [0.4, 0.5) is 4.39 Å². The van der Waals surface area contributed by atoms with Crippen LogP contribution in [0.1, 0.15) is 42.7 Å². The minimum atomic E-state index is -0.225. The molecule has 2 rings (SSSR count). The summed E-state index contributed by atoms with van der Waals surface area (Å²) in [5.41, 5.74) is 2.22. The second-order valence-electron chi connectivity index (χ2n) is 5.28. The van der Waals surface area contributed by atoms with Gasteiger partial charge in [-0.3, -0.25) is 0 Å². The van der Waals surface area contributed by atoms with Gasteiger partial charge in [0.2, 0.25) is 0 Å². The molecule has 0 radical (unpaired) electrons. The van der Waals surface area contributed by atoms with Crippen LogP contribution in [-0.2, 0) is 0 Å². The summed E-state index contributed by atoms with van der Waals surface area (Å²) in [6.07, 6.45) is 1.06. The van der Waals surface area contributed by atoms with Crippen LogP contribution in [0.3, 0.4) is 0 Å². The van der Waals surface area contributed by atoms with Crippen LogP contribution in [0.25, 0.3) is 0 Å². The van der Waals surface area contributed by atoms with Crippen molar-refractivity contribution in [1.82, 2.24) is 0 Å². The van der Waals surface area contributed by atoms with E-state index in [9.17, 15) is 4.39 Å². The number of hydrogen-bond donors (Lipinski definition) is 0. The molecule has 0 aliphatic heterocycles. The predicted octanol–water partition coefficient (Wildman–Crippen LogP) is 5.94. The highest BCUT2D eigenvalue weighted by Gasteiger charge is 2.27. The van der Waals surface area contributed by atoms with Crippen molar-refractivity contribution in [2.45, 2.75) is 31.6 Å². The first-order valence-electron chi connectivity index (χ1n) is 7.08. The van der Waals surface area contributed by atoms with Gasteiger partial charge in [0.15, 0.2) is 0 Å². The van der Waals surface area contributed by atoms with E-state index in [2.05, 4.69) is 26.0 Å². The Morgan fingerprint density at radius 2 is 1.55 bits per heavy atom. The van der Waals surface area contributed by atoms with Crippen LogP contribution in [0, 0.1) is 11.7 Å². The van der Waals surface area contributed by atoms with E-state index in [1.807, 2.05) is 18.2 Å². The van der Waals surface area contributed by atoms with Gasteiger partial charge in [-0.05, 0) is 29.2 Å². The number of alkyl halides is 1. The fourth-order valence-corrected chi connectivity index (χ4v) is 3.11. The summed E-state index contributed by atoms with van der Waals surface area (Å²) in [6, 6.07) is 16.9. The Labute approximate surface area is 125 Å². The van der Waals surface area contributed by atoms with E-state index in [1.54, 1.807) is 12.1 Å². The molecule has 2 aromatic rings. The van der Waals surface area contributed by atoms with Gasteiger partial charge in [0.1, 0.15) is 5.82 Å². The summed E-state index contributed by atoms with van der Waals surface area (Å²) in [5.74, 6) is 0.468. The zero-order valence-electron chi connectivity index (χ0n) is 11.9. The zero-order valence-corrected chi connectivity index (χ0v) is 12.6. The van der Waals surface area contributed by atoms with Crippen molar-refractivity contribution in [2.75, 3.05) is 0 Å². The summed E-state index contributed by atoms with van der Waals surface area (Å²) >= 11 is 6.71. The molecular weight excluding hydrogens is 271 g/mol. The van der Waals surface area contributed by atoms with Gasteiger partial charge in [-0.2, -0.15) is 0 Å².